The zero-order chi connectivity index (χ0) is 47.9. The van der Waals surface area contributed by atoms with Crippen molar-refractivity contribution in [2.75, 3.05) is 13.2 Å². The van der Waals surface area contributed by atoms with E-state index in [4.69, 9.17) is 14.2 Å². The third kappa shape index (κ3) is 51.1. The first-order valence-corrected chi connectivity index (χ1v) is 26.9. The summed E-state index contributed by atoms with van der Waals surface area (Å²) < 4.78 is 16.7. The topological polar surface area (TPSA) is 78.9 Å². The monoisotopic (exact) mass is 915 g/mol. The van der Waals surface area contributed by atoms with E-state index < -0.39 is 6.10 Å². The highest BCUT2D eigenvalue weighted by Crippen LogP contribution is 2.15. The molecule has 66 heavy (non-hydrogen) atoms. The molecule has 0 aromatic rings. The van der Waals surface area contributed by atoms with Crippen LogP contribution in [0.4, 0.5) is 0 Å². The fourth-order valence-corrected chi connectivity index (χ4v) is 7.07. The summed E-state index contributed by atoms with van der Waals surface area (Å²) in [7, 11) is 0. The van der Waals surface area contributed by atoms with Crippen molar-refractivity contribution in [1.82, 2.24) is 0 Å². The van der Waals surface area contributed by atoms with Crippen LogP contribution in [0.5, 0.6) is 0 Å². The van der Waals surface area contributed by atoms with Crippen molar-refractivity contribution < 1.29 is 28.6 Å². The molecule has 6 heteroatoms. The van der Waals surface area contributed by atoms with Crippen molar-refractivity contribution in [2.45, 2.75) is 239 Å². The van der Waals surface area contributed by atoms with Crippen molar-refractivity contribution in [3.05, 3.63) is 109 Å². The van der Waals surface area contributed by atoms with E-state index in [0.29, 0.717) is 19.3 Å². The Balaban J connectivity index is 4.53. The highest BCUT2D eigenvalue weighted by Gasteiger charge is 2.19. The zero-order valence-electron chi connectivity index (χ0n) is 42.7. The van der Waals surface area contributed by atoms with Crippen LogP contribution in [-0.4, -0.2) is 37.2 Å². The molecule has 0 aromatic heterocycles. The molecule has 0 amide bonds. The molecule has 0 fully saturated rings. The Morgan fingerprint density at radius 1 is 0.318 bits per heavy atom. The van der Waals surface area contributed by atoms with Gasteiger partial charge in [-0.1, -0.05) is 233 Å². The van der Waals surface area contributed by atoms with E-state index in [-0.39, 0.29) is 37.5 Å². The molecular weight excluding hydrogens is 817 g/mol. The summed E-state index contributed by atoms with van der Waals surface area (Å²) in [6.45, 7) is 6.33. The largest absolute Gasteiger partial charge is 0.462 e. The van der Waals surface area contributed by atoms with E-state index in [0.717, 1.165) is 116 Å². The van der Waals surface area contributed by atoms with E-state index in [1.54, 1.807) is 0 Å². The molecule has 374 valence electrons. The number of allylic oxidation sites excluding steroid dienone is 18. The highest BCUT2D eigenvalue weighted by atomic mass is 16.6. The molecule has 0 radical (unpaired) electrons. The first-order chi connectivity index (χ1) is 32.5. The van der Waals surface area contributed by atoms with Gasteiger partial charge in [-0.25, -0.2) is 0 Å². The Kier molecular flexibility index (Phi) is 50.5. The first-order valence-electron chi connectivity index (χ1n) is 26.9. The molecule has 0 saturated carbocycles. The molecule has 0 aliphatic carbocycles. The predicted octanol–water partition coefficient (Wildman–Crippen LogP) is 17.9. The van der Waals surface area contributed by atoms with Crippen LogP contribution in [0.25, 0.3) is 0 Å². The number of rotatable bonds is 47. The van der Waals surface area contributed by atoms with Crippen LogP contribution in [0.3, 0.4) is 0 Å². The SMILES string of the molecule is CC/C=C\C/C=C\C/C=C\C/C=C\C/C=C\C/C=C\CCC(=O)OC[C@@H](COC(=O)CCCCCCCCCCCCCCCC)OC(=O)CCCCCCC/C=C\C/C=C\C/C=C\CC. The summed E-state index contributed by atoms with van der Waals surface area (Å²) in [6, 6.07) is 0. The maximum atomic E-state index is 12.8. The van der Waals surface area contributed by atoms with E-state index in [1.165, 1.54) is 70.6 Å². The van der Waals surface area contributed by atoms with Gasteiger partial charge in [0.25, 0.3) is 0 Å². The van der Waals surface area contributed by atoms with Crippen molar-refractivity contribution in [1.29, 1.82) is 0 Å². The van der Waals surface area contributed by atoms with Crippen LogP contribution in [0.15, 0.2) is 109 Å². The van der Waals surface area contributed by atoms with Crippen molar-refractivity contribution in [2.24, 2.45) is 0 Å². The zero-order valence-corrected chi connectivity index (χ0v) is 42.7. The van der Waals surface area contributed by atoms with Crippen LogP contribution in [0, 0.1) is 0 Å². The van der Waals surface area contributed by atoms with Crippen molar-refractivity contribution in [3.8, 4) is 0 Å². The average molecular weight is 915 g/mol. The molecule has 0 aliphatic heterocycles. The van der Waals surface area contributed by atoms with Gasteiger partial charge >= 0.3 is 17.9 Å². The maximum absolute atomic E-state index is 12.8. The predicted molar refractivity (Wildman–Crippen MR) is 283 cm³/mol. The van der Waals surface area contributed by atoms with Crippen LogP contribution < -0.4 is 0 Å². The molecule has 0 unspecified atom stereocenters. The highest BCUT2D eigenvalue weighted by molar-refractivity contribution is 5.71. The number of ether oxygens (including phenoxy) is 3. The summed E-state index contributed by atoms with van der Waals surface area (Å²) >= 11 is 0. The number of esters is 3. The average Bonchev–Trinajstić information content (AvgIpc) is 3.31. The Hall–Kier alpha value is -3.93. The Labute approximate surface area is 406 Å². The lowest BCUT2D eigenvalue weighted by Gasteiger charge is -2.18. The normalized spacial score (nSPS) is 13.0. The van der Waals surface area contributed by atoms with Crippen LogP contribution in [-0.2, 0) is 28.6 Å². The molecule has 0 saturated heterocycles. The number of carbonyl (C=O) groups is 3. The van der Waals surface area contributed by atoms with E-state index >= 15 is 0 Å². The van der Waals surface area contributed by atoms with Gasteiger partial charge in [-0.15, -0.1) is 0 Å². The summed E-state index contributed by atoms with van der Waals surface area (Å²) in [5, 5.41) is 0. The molecule has 0 aliphatic rings. The smallest absolute Gasteiger partial charge is 0.306 e. The molecule has 0 N–H and O–H groups in total. The van der Waals surface area contributed by atoms with Crippen molar-refractivity contribution in [3.63, 3.8) is 0 Å². The van der Waals surface area contributed by atoms with Gasteiger partial charge < -0.3 is 14.2 Å². The lowest BCUT2D eigenvalue weighted by Crippen LogP contribution is -2.30. The van der Waals surface area contributed by atoms with Crippen molar-refractivity contribution >= 4 is 17.9 Å². The Morgan fingerprint density at radius 3 is 1.02 bits per heavy atom. The standard InChI is InChI=1S/C60H98O6/c1-4-7-10-13-16-19-22-25-28-29-30-31-33-35-38-41-44-47-50-53-59(62)65-56-57(55-64-58(61)52-49-46-43-40-37-34-27-24-21-18-15-12-9-6-3)66-60(63)54-51-48-45-42-39-36-32-26-23-20-17-14-11-8-5-2/h7-8,10-11,16-17,19-20,25-26,28,30-32,35,38,44,47,57H,4-6,9,12-15,18,21-24,27,29,33-34,36-37,39-43,45-46,48-56H2,1-3H3/b10-7-,11-8-,19-16-,20-17-,28-25-,31-30-,32-26-,38-35-,47-44-/t57-/m1/s1. The van der Waals surface area contributed by atoms with Crippen LogP contribution in [0.2, 0.25) is 0 Å². The molecule has 6 nitrogen and oxygen atoms in total. The summed E-state index contributed by atoms with van der Waals surface area (Å²) in [4.78, 5) is 38.0. The second kappa shape index (κ2) is 53.7. The molecule has 1 atom stereocenters. The van der Waals surface area contributed by atoms with E-state index in [1.807, 2.05) is 6.08 Å². The second-order valence-corrected chi connectivity index (χ2v) is 17.4. The van der Waals surface area contributed by atoms with Gasteiger partial charge in [0.2, 0.25) is 0 Å². The molecule has 0 aromatic carbocycles. The second-order valence-electron chi connectivity index (χ2n) is 17.4. The lowest BCUT2D eigenvalue weighted by atomic mass is 10.0. The number of hydrogen-bond acceptors (Lipinski definition) is 6. The third-order valence-electron chi connectivity index (χ3n) is 11.0. The first kappa shape index (κ1) is 62.1. The van der Waals surface area contributed by atoms with Gasteiger partial charge in [0.1, 0.15) is 13.2 Å². The van der Waals surface area contributed by atoms with Gasteiger partial charge in [0.05, 0.1) is 0 Å². The fourth-order valence-electron chi connectivity index (χ4n) is 7.07. The molecule has 0 spiro atoms. The van der Waals surface area contributed by atoms with Gasteiger partial charge in [-0.2, -0.15) is 0 Å². The Morgan fingerprint density at radius 2 is 0.621 bits per heavy atom. The molecule has 0 bridgehead atoms. The number of unbranched alkanes of at least 4 members (excludes halogenated alkanes) is 18. The summed E-state index contributed by atoms with van der Waals surface area (Å²) in [5.41, 5.74) is 0. The van der Waals surface area contributed by atoms with Gasteiger partial charge in [-0.05, 0) is 89.9 Å². The number of carbonyl (C=O) groups excluding carboxylic acids is 3. The Bertz CT molecular complexity index is 1370. The summed E-state index contributed by atoms with van der Waals surface area (Å²) in [6.07, 6.45) is 72.3. The van der Waals surface area contributed by atoms with Gasteiger partial charge in [-0.3, -0.25) is 14.4 Å². The van der Waals surface area contributed by atoms with Gasteiger partial charge in [0.15, 0.2) is 6.10 Å². The third-order valence-corrected chi connectivity index (χ3v) is 11.0. The minimum atomic E-state index is -0.818. The minimum absolute atomic E-state index is 0.108. The molecular formula is C60H98O6. The van der Waals surface area contributed by atoms with E-state index in [2.05, 4.69) is 124 Å². The fraction of sp³-hybridized carbons (Fsp3) is 0.650. The quantitative estimate of drug-likeness (QED) is 0.0262. The van der Waals surface area contributed by atoms with E-state index in [9.17, 15) is 14.4 Å². The van der Waals surface area contributed by atoms with Gasteiger partial charge in [0, 0.05) is 19.3 Å². The molecule has 0 rings (SSSR count). The van der Waals surface area contributed by atoms with Crippen LogP contribution in [0.1, 0.15) is 233 Å². The lowest BCUT2D eigenvalue weighted by molar-refractivity contribution is -0.166. The molecule has 0 heterocycles. The van der Waals surface area contributed by atoms with Crippen LogP contribution >= 0.6 is 0 Å². The summed E-state index contributed by atoms with van der Waals surface area (Å²) in [5.74, 6) is -1.02. The maximum Gasteiger partial charge on any atom is 0.306 e. The number of hydrogen-bond donors (Lipinski definition) is 0. The minimum Gasteiger partial charge on any atom is -0.462 e.